The Hall–Kier alpha value is 0. The minimum Gasteiger partial charge on any atom is -0.0499 e. The van der Waals surface area contributed by atoms with Crippen molar-refractivity contribution in [3.05, 3.63) is 6.42 Å². The van der Waals surface area contributed by atoms with Gasteiger partial charge in [-0.3, -0.25) is 0 Å². The van der Waals surface area contributed by atoms with Crippen molar-refractivity contribution in [1.82, 2.24) is 0 Å². The lowest BCUT2D eigenvalue weighted by Crippen LogP contribution is -1.71. The molecule has 2 aliphatic rings. The first kappa shape index (κ1) is 3.06. The van der Waals surface area contributed by atoms with Crippen LogP contribution in [0.2, 0.25) is 0 Å². The van der Waals surface area contributed by atoms with Crippen LogP contribution in [0.25, 0.3) is 0 Å². The summed E-state index contributed by atoms with van der Waals surface area (Å²) in [6, 6.07) is 0. The fourth-order valence-corrected chi connectivity index (χ4v) is 0.988. The predicted molar refractivity (Wildman–Crippen MR) is 25.1 cm³/mol. The van der Waals surface area contributed by atoms with Crippen molar-refractivity contribution in [1.29, 1.82) is 0 Å². The zero-order chi connectivity index (χ0) is 3.98. The van der Waals surface area contributed by atoms with Gasteiger partial charge < -0.3 is 0 Å². The first-order chi connectivity index (χ1) is 2.97. The average Bonchev–Trinajstić information content (AvgIpc) is 2.26. The lowest BCUT2D eigenvalue weighted by molar-refractivity contribution is 0.740. The van der Waals surface area contributed by atoms with E-state index in [4.69, 9.17) is 0 Å². The zero-order valence-electron chi connectivity index (χ0n) is 3.85. The molecule has 0 nitrogen and oxygen atoms in total. The Morgan fingerprint density at radius 2 is 2.00 bits per heavy atom. The minimum atomic E-state index is 1.09. The van der Waals surface area contributed by atoms with Gasteiger partial charge in [-0.1, -0.05) is 0 Å². The van der Waals surface area contributed by atoms with Crippen LogP contribution in [0.4, 0.5) is 0 Å². The van der Waals surface area contributed by atoms with E-state index in [1.54, 1.807) is 0 Å². The van der Waals surface area contributed by atoms with Gasteiger partial charge in [0.25, 0.3) is 0 Å². The molecule has 33 valence electrons. The highest BCUT2D eigenvalue weighted by molar-refractivity contribution is 5.03. The van der Waals surface area contributed by atoms with Crippen molar-refractivity contribution in [2.75, 3.05) is 0 Å². The van der Waals surface area contributed by atoms with Crippen molar-refractivity contribution < 1.29 is 0 Å². The molecule has 0 amide bonds. The summed E-state index contributed by atoms with van der Waals surface area (Å²) in [5.74, 6) is 2.25. The van der Waals surface area contributed by atoms with E-state index in [-0.39, 0.29) is 0 Å². The lowest BCUT2D eigenvalue weighted by Gasteiger charge is -1.77. The van der Waals surface area contributed by atoms with E-state index in [0.717, 1.165) is 11.8 Å². The van der Waals surface area contributed by atoms with Crippen molar-refractivity contribution in [2.24, 2.45) is 11.8 Å². The lowest BCUT2D eigenvalue weighted by atomic mass is 10.3. The van der Waals surface area contributed by atoms with E-state index in [1.807, 2.05) is 0 Å². The molecule has 0 unspecified atom stereocenters. The Balaban J connectivity index is 1.92. The van der Waals surface area contributed by atoms with E-state index in [0.29, 0.717) is 0 Å². The fourth-order valence-electron chi connectivity index (χ4n) is 0.988. The maximum absolute atomic E-state index is 2.43. The SMILES string of the molecule is [CH]1C[C@@H]1C1CC1. The molecule has 1 atom stereocenters. The van der Waals surface area contributed by atoms with Crippen LogP contribution in [0.1, 0.15) is 19.3 Å². The van der Waals surface area contributed by atoms with Crippen LogP contribution >= 0.6 is 0 Å². The Morgan fingerprint density at radius 1 is 1.33 bits per heavy atom. The van der Waals surface area contributed by atoms with Crippen LogP contribution in [0, 0.1) is 18.3 Å². The highest BCUT2D eigenvalue weighted by Crippen LogP contribution is 2.48. The number of hydrogen-bond acceptors (Lipinski definition) is 0. The summed E-state index contributed by atoms with van der Waals surface area (Å²) in [5, 5.41) is 0. The normalized spacial score (nSPS) is 34.0. The van der Waals surface area contributed by atoms with E-state index in [1.165, 1.54) is 19.3 Å². The van der Waals surface area contributed by atoms with Crippen LogP contribution in [0.3, 0.4) is 0 Å². The molecule has 6 heavy (non-hydrogen) atoms. The molecule has 0 aliphatic heterocycles. The summed E-state index contributed by atoms with van der Waals surface area (Å²) < 4.78 is 0. The molecular formula is C6H9. The standard InChI is InChI=1S/C6H9/c1-2-5(1)6-3-4-6/h1,5-6H,2-4H2/t5-/m1/s1. The molecule has 0 heterocycles. The minimum absolute atomic E-state index is 1.09. The summed E-state index contributed by atoms with van der Waals surface area (Å²) >= 11 is 0. The molecule has 0 N–H and O–H groups in total. The fraction of sp³-hybridized carbons (Fsp3) is 0.833. The summed E-state index contributed by atoms with van der Waals surface area (Å²) in [4.78, 5) is 0. The summed E-state index contributed by atoms with van der Waals surface area (Å²) in [6.07, 6.45) is 6.92. The largest absolute Gasteiger partial charge is 0.0499 e. The van der Waals surface area contributed by atoms with Crippen LogP contribution in [-0.2, 0) is 0 Å². The van der Waals surface area contributed by atoms with Gasteiger partial charge in [0.15, 0.2) is 0 Å². The van der Waals surface area contributed by atoms with Gasteiger partial charge in [0.2, 0.25) is 0 Å². The van der Waals surface area contributed by atoms with Crippen molar-refractivity contribution in [3.63, 3.8) is 0 Å². The molecular weight excluding hydrogens is 72.1 g/mol. The molecule has 0 aromatic heterocycles. The monoisotopic (exact) mass is 81.1 g/mol. The molecule has 0 aromatic rings. The topological polar surface area (TPSA) is 0 Å². The number of hydrogen-bond donors (Lipinski definition) is 0. The first-order valence-corrected chi connectivity index (χ1v) is 2.80. The molecule has 2 aliphatic carbocycles. The maximum Gasteiger partial charge on any atom is -0.0349 e. The molecule has 1 radical (unpaired) electrons. The number of rotatable bonds is 1. The molecule has 2 fully saturated rings. The molecule has 0 saturated heterocycles. The second kappa shape index (κ2) is 0.800. The molecule has 0 spiro atoms. The third kappa shape index (κ3) is 0.360. The summed E-state index contributed by atoms with van der Waals surface area (Å²) in [7, 11) is 0. The Labute approximate surface area is 38.6 Å². The van der Waals surface area contributed by atoms with Gasteiger partial charge in [0.1, 0.15) is 0 Å². The third-order valence-corrected chi connectivity index (χ3v) is 1.74. The van der Waals surface area contributed by atoms with Crippen molar-refractivity contribution in [3.8, 4) is 0 Å². The van der Waals surface area contributed by atoms with Crippen LogP contribution < -0.4 is 0 Å². The maximum atomic E-state index is 2.43. The highest BCUT2D eigenvalue weighted by atomic mass is 14.4. The second-order valence-electron chi connectivity index (χ2n) is 2.47. The van der Waals surface area contributed by atoms with E-state index < -0.39 is 0 Å². The summed E-state index contributed by atoms with van der Waals surface area (Å²) in [6.45, 7) is 0. The van der Waals surface area contributed by atoms with Gasteiger partial charge in [-0.05, 0) is 37.5 Å². The van der Waals surface area contributed by atoms with Gasteiger partial charge in [-0.15, -0.1) is 0 Å². The van der Waals surface area contributed by atoms with Gasteiger partial charge in [0, 0.05) is 0 Å². The predicted octanol–water partition coefficient (Wildman–Crippen LogP) is 1.62. The summed E-state index contributed by atoms with van der Waals surface area (Å²) in [5.41, 5.74) is 0. The first-order valence-electron chi connectivity index (χ1n) is 2.80. The Morgan fingerprint density at radius 3 is 2.17 bits per heavy atom. The van der Waals surface area contributed by atoms with Gasteiger partial charge in [-0.2, -0.15) is 0 Å². The Bertz CT molecular complexity index is 48.4. The van der Waals surface area contributed by atoms with E-state index >= 15 is 0 Å². The molecule has 2 saturated carbocycles. The smallest absolute Gasteiger partial charge is 0.0349 e. The molecule has 0 aromatic carbocycles. The highest BCUT2D eigenvalue weighted by Gasteiger charge is 2.38. The van der Waals surface area contributed by atoms with Crippen LogP contribution in [0.5, 0.6) is 0 Å². The quantitative estimate of drug-likeness (QED) is 0.450. The Kier molecular flexibility index (Phi) is 0.408. The van der Waals surface area contributed by atoms with Crippen molar-refractivity contribution >= 4 is 0 Å². The van der Waals surface area contributed by atoms with Crippen LogP contribution in [-0.4, -0.2) is 0 Å². The third-order valence-electron chi connectivity index (χ3n) is 1.74. The van der Waals surface area contributed by atoms with E-state index in [2.05, 4.69) is 6.42 Å². The molecule has 0 heteroatoms. The molecule has 2 rings (SSSR count). The van der Waals surface area contributed by atoms with Crippen LogP contribution in [0.15, 0.2) is 0 Å². The van der Waals surface area contributed by atoms with Gasteiger partial charge >= 0.3 is 0 Å². The second-order valence-corrected chi connectivity index (χ2v) is 2.47. The average molecular weight is 81.1 g/mol. The van der Waals surface area contributed by atoms with Gasteiger partial charge in [-0.25, -0.2) is 0 Å². The van der Waals surface area contributed by atoms with Gasteiger partial charge in [0.05, 0.1) is 0 Å². The molecule has 0 bridgehead atoms. The zero-order valence-corrected chi connectivity index (χ0v) is 3.85. The van der Waals surface area contributed by atoms with E-state index in [9.17, 15) is 0 Å². The van der Waals surface area contributed by atoms with Crippen molar-refractivity contribution in [2.45, 2.75) is 19.3 Å².